The highest BCUT2D eigenvalue weighted by Gasteiger charge is 2.25. The van der Waals surface area contributed by atoms with Crippen LogP contribution in [-0.2, 0) is 9.53 Å². The summed E-state index contributed by atoms with van der Waals surface area (Å²) in [7, 11) is 1.70. The van der Waals surface area contributed by atoms with Gasteiger partial charge in [0.05, 0.1) is 6.61 Å². The van der Waals surface area contributed by atoms with Gasteiger partial charge in [-0.05, 0) is 12.8 Å². The first-order chi connectivity index (χ1) is 9.81. The first-order valence-electron chi connectivity index (χ1n) is 8.32. The zero-order valence-corrected chi connectivity index (χ0v) is 13.0. The van der Waals surface area contributed by atoms with Crippen LogP contribution in [0.1, 0.15) is 51.4 Å². The van der Waals surface area contributed by atoms with Gasteiger partial charge in [0.25, 0.3) is 0 Å². The van der Waals surface area contributed by atoms with Crippen LogP contribution in [0.5, 0.6) is 0 Å². The molecule has 0 aromatic carbocycles. The lowest BCUT2D eigenvalue weighted by molar-refractivity contribution is -0.130. The third-order valence-corrected chi connectivity index (χ3v) is 4.78. The molecule has 0 unspecified atom stereocenters. The van der Waals surface area contributed by atoms with Gasteiger partial charge < -0.3 is 9.64 Å². The number of ether oxygens (including phenoxy) is 1. The average Bonchev–Trinajstić information content (AvgIpc) is 2.59. The zero-order valence-electron chi connectivity index (χ0n) is 13.0. The molecule has 1 aliphatic heterocycles. The topological polar surface area (TPSA) is 32.8 Å². The molecule has 2 fully saturated rings. The summed E-state index contributed by atoms with van der Waals surface area (Å²) in [5.74, 6) is 0.301. The zero-order chi connectivity index (χ0) is 14.2. The van der Waals surface area contributed by atoms with E-state index >= 15 is 0 Å². The maximum Gasteiger partial charge on any atom is 0.223 e. The SMILES string of the molecule is COCCN1CCN(C2CCCCCCC2)CCC1=O. The maximum absolute atomic E-state index is 12.1. The van der Waals surface area contributed by atoms with Crippen LogP contribution >= 0.6 is 0 Å². The molecular weight excluding hydrogens is 252 g/mol. The van der Waals surface area contributed by atoms with Gasteiger partial charge in [-0.25, -0.2) is 0 Å². The lowest BCUT2D eigenvalue weighted by Crippen LogP contribution is -2.39. The minimum absolute atomic E-state index is 0.301. The summed E-state index contributed by atoms with van der Waals surface area (Å²) in [6, 6.07) is 0.713. The predicted octanol–water partition coefficient (Wildman–Crippen LogP) is 2.28. The van der Waals surface area contributed by atoms with Crippen molar-refractivity contribution in [2.24, 2.45) is 0 Å². The molecule has 0 atom stereocenters. The van der Waals surface area contributed by atoms with E-state index in [-0.39, 0.29) is 0 Å². The van der Waals surface area contributed by atoms with Gasteiger partial charge in [0.15, 0.2) is 0 Å². The quantitative estimate of drug-likeness (QED) is 0.793. The molecule has 1 amide bonds. The second kappa shape index (κ2) is 8.63. The molecule has 1 saturated carbocycles. The first kappa shape index (κ1) is 15.8. The van der Waals surface area contributed by atoms with E-state index in [9.17, 15) is 4.79 Å². The van der Waals surface area contributed by atoms with Crippen molar-refractivity contribution in [1.82, 2.24) is 9.80 Å². The predicted molar refractivity (Wildman–Crippen MR) is 80.8 cm³/mol. The van der Waals surface area contributed by atoms with Crippen LogP contribution in [-0.4, -0.2) is 61.6 Å². The molecule has 0 bridgehead atoms. The van der Waals surface area contributed by atoms with E-state index < -0.39 is 0 Å². The van der Waals surface area contributed by atoms with Crippen molar-refractivity contribution in [3.63, 3.8) is 0 Å². The summed E-state index contributed by atoms with van der Waals surface area (Å²) in [4.78, 5) is 16.7. The van der Waals surface area contributed by atoms with Crippen molar-refractivity contribution in [1.29, 1.82) is 0 Å². The second-order valence-corrected chi connectivity index (χ2v) is 6.16. The lowest BCUT2D eigenvalue weighted by atomic mass is 9.95. The maximum atomic E-state index is 12.1. The molecule has 20 heavy (non-hydrogen) atoms. The molecule has 1 heterocycles. The Morgan fingerprint density at radius 1 is 1.05 bits per heavy atom. The average molecular weight is 282 g/mol. The van der Waals surface area contributed by atoms with Crippen molar-refractivity contribution in [3.05, 3.63) is 0 Å². The molecule has 0 N–H and O–H groups in total. The molecule has 1 aliphatic carbocycles. The van der Waals surface area contributed by atoms with E-state index in [4.69, 9.17) is 4.74 Å². The number of methoxy groups -OCH3 is 1. The fraction of sp³-hybridized carbons (Fsp3) is 0.938. The summed E-state index contributed by atoms with van der Waals surface area (Å²) in [6.45, 7) is 4.26. The van der Waals surface area contributed by atoms with E-state index in [0.29, 0.717) is 25.0 Å². The van der Waals surface area contributed by atoms with Crippen molar-refractivity contribution in [3.8, 4) is 0 Å². The van der Waals surface area contributed by atoms with Gasteiger partial charge in [-0.3, -0.25) is 9.69 Å². The van der Waals surface area contributed by atoms with Crippen LogP contribution in [0.4, 0.5) is 0 Å². The number of hydrogen-bond donors (Lipinski definition) is 0. The summed E-state index contributed by atoms with van der Waals surface area (Å²) >= 11 is 0. The number of carbonyl (C=O) groups is 1. The Bertz CT molecular complexity index is 288. The molecule has 4 nitrogen and oxygen atoms in total. The van der Waals surface area contributed by atoms with Gasteiger partial charge >= 0.3 is 0 Å². The highest BCUT2D eigenvalue weighted by Crippen LogP contribution is 2.22. The number of amides is 1. The molecule has 1 saturated heterocycles. The van der Waals surface area contributed by atoms with Gasteiger partial charge in [0.1, 0.15) is 0 Å². The first-order valence-corrected chi connectivity index (χ1v) is 8.32. The Balaban J connectivity index is 1.85. The molecule has 2 rings (SSSR count). The summed E-state index contributed by atoms with van der Waals surface area (Å²) in [5.41, 5.74) is 0. The Morgan fingerprint density at radius 2 is 1.75 bits per heavy atom. The third-order valence-electron chi connectivity index (χ3n) is 4.78. The van der Waals surface area contributed by atoms with E-state index in [1.807, 2.05) is 4.90 Å². The van der Waals surface area contributed by atoms with Gasteiger partial charge in [-0.15, -0.1) is 0 Å². The van der Waals surface area contributed by atoms with Crippen LogP contribution in [0.25, 0.3) is 0 Å². The normalized spacial score (nSPS) is 24.2. The van der Waals surface area contributed by atoms with Crippen LogP contribution in [0.15, 0.2) is 0 Å². The Labute approximate surface area is 123 Å². The number of hydrogen-bond acceptors (Lipinski definition) is 3. The summed E-state index contributed by atoms with van der Waals surface area (Å²) < 4.78 is 5.10. The number of nitrogens with zero attached hydrogens (tertiary/aromatic N) is 2. The van der Waals surface area contributed by atoms with Crippen molar-refractivity contribution >= 4 is 5.91 Å². The summed E-state index contributed by atoms with van der Waals surface area (Å²) in [5, 5.41) is 0. The van der Waals surface area contributed by atoms with Crippen LogP contribution in [0.2, 0.25) is 0 Å². The van der Waals surface area contributed by atoms with Gasteiger partial charge in [0.2, 0.25) is 5.91 Å². The fourth-order valence-corrected chi connectivity index (χ4v) is 3.49. The molecule has 4 heteroatoms. The van der Waals surface area contributed by atoms with E-state index in [0.717, 1.165) is 26.2 Å². The number of rotatable bonds is 4. The minimum atomic E-state index is 0.301. The van der Waals surface area contributed by atoms with Crippen LogP contribution < -0.4 is 0 Å². The third kappa shape index (κ3) is 4.74. The van der Waals surface area contributed by atoms with Crippen LogP contribution in [0.3, 0.4) is 0 Å². The van der Waals surface area contributed by atoms with Gasteiger partial charge in [-0.2, -0.15) is 0 Å². The molecule has 2 aliphatic rings. The Hall–Kier alpha value is -0.610. The highest BCUT2D eigenvalue weighted by atomic mass is 16.5. The van der Waals surface area contributed by atoms with Crippen molar-refractivity contribution in [2.75, 3.05) is 39.9 Å². The van der Waals surface area contributed by atoms with E-state index in [1.54, 1.807) is 7.11 Å². The lowest BCUT2D eigenvalue weighted by Gasteiger charge is -2.32. The van der Waals surface area contributed by atoms with Crippen LogP contribution in [0, 0.1) is 0 Å². The largest absolute Gasteiger partial charge is 0.383 e. The van der Waals surface area contributed by atoms with E-state index in [2.05, 4.69) is 4.90 Å². The monoisotopic (exact) mass is 282 g/mol. The summed E-state index contributed by atoms with van der Waals surface area (Å²) in [6.07, 6.45) is 10.3. The minimum Gasteiger partial charge on any atom is -0.383 e. The Morgan fingerprint density at radius 3 is 2.45 bits per heavy atom. The highest BCUT2D eigenvalue weighted by molar-refractivity contribution is 5.76. The smallest absolute Gasteiger partial charge is 0.223 e. The molecule has 0 aromatic heterocycles. The molecule has 0 radical (unpaired) electrons. The standard InChI is InChI=1S/C16H30N2O2/c1-20-14-13-18-12-11-17(10-9-16(18)19)15-7-5-3-2-4-6-8-15/h15H,2-14H2,1H3. The van der Waals surface area contributed by atoms with Gasteiger partial charge in [0, 0.05) is 45.8 Å². The van der Waals surface area contributed by atoms with Crippen molar-refractivity contribution < 1.29 is 9.53 Å². The molecular formula is C16H30N2O2. The van der Waals surface area contributed by atoms with Crippen molar-refractivity contribution in [2.45, 2.75) is 57.4 Å². The Kier molecular flexibility index (Phi) is 6.80. The molecule has 0 spiro atoms. The number of carbonyl (C=O) groups excluding carboxylic acids is 1. The second-order valence-electron chi connectivity index (χ2n) is 6.16. The molecule has 0 aromatic rings. The van der Waals surface area contributed by atoms with E-state index in [1.165, 1.54) is 44.9 Å². The molecule has 116 valence electrons. The fourth-order valence-electron chi connectivity index (χ4n) is 3.49. The van der Waals surface area contributed by atoms with Gasteiger partial charge in [-0.1, -0.05) is 32.1 Å².